The summed E-state index contributed by atoms with van der Waals surface area (Å²) in [5.41, 5.74) is 0.361. The zero-order chi connectivity index (χ0) is 15.4. The van der Waals surface area contributed by atoms with Gasteiger partial charge in [0.1, 0.15) is 0 Å². The van der Waals surface area contributed by atoms with Crippen LogP contribution in [0.15, 0.2) is 28.1 Å². The van der Waals surface area contributed by atoms with E-state index in [-0.39, 0.29) is 11.9 Å². The van der Waals surface area contributed by atoms with Gasteiger partial charge in [-0.3, -0.25) is 4.79 Å². The van der Waals surface area contributed by atoms with Crippen LogP contribution in [0.3, 0.4) is 0 Å². The van der Waals surface area contributed by atoms with Gasteiger partial charge in [0.15, 0.2) is 11.5 Å². The van der Waals surface area contributed by atoms with Crippen molar-refractivity contribution in [2.45, 2.75) is 32.2 Å². The third kappa shape index (κ3) is 3.56. The van der Waals surface area contributed by atoms with Crippen molar-refractivity contribution in [2.75, 3.05) is 19.6 Å². The van der Waals surface area contributed by atoms with Gasteiger partial charge in [-0.25, -0.2) is 0 Å². The van der Waals surface area contributed by atoms with Crippen molar-refractivity contribution in [1.82, 2.24) is 15.4 Å². The fraction of sp³-hybridized carbons (Fsp3) is 0.500. The number of rotatable bonds is 5. The van der Waals surface area contributed by atoms with Crippen LogP contribution in [0.4, 0.5) is 0 Å². The number of carbonyl (C=O) groups is 1. The molecule has 6 heteroatoms. The van der Waals surface area contributed by atoms with E-state index in [1.165, 1.54) is 6.42 Å². The average molecular weight is 319 g/mol. The van der Waals surface area contributed by atoms with Crippen molar-refractivity contribution >= 4 is 17.2 Å². The highest BCUT2D eigenvalue weighted by Crippen LogP contribution is 2.25. The molecule has 0 bridgehead atoms. The molecule has 0 spiro atoms. The van der Waals surface area contributed by atoms with E-state index < -0.39 is 0 Å². The molecule has 5 nitrogen and oxygen atoms in total. The molecule has 1 aliphatic rings. The molecule has 0 radical (unpaired) electrons. The molecule has 0 unspecified atom stereocenters. The van der Waals surface area contributed by atoms with Crippen LogP contribution in [0.5, 0.6) is 0 Å². The summed E-state index contributed by atoms with van der Waals surface area (Å²) < 4.78 is 5.26. The Morgan fingerprint density at radius 3 is 3.00 bits per heavy atom. The van der Waals surface area contributed by atoms with Crippen molar-refractivity contribution in [3.05, 3.63) is 29.3 Å². The lowest BCUT2D eigenvalue weighted by molar-refractivity contribution is 0.0902. The molecule has 2 aromatic heterocycles. The van der Waals surface area contributed by atoms with Gasteiger partial charge < -0.3 is 14.7 Å². The number of carbonyl (C=O) groups excluding carboxylic acids is 1. The average Bonchev–Trinajstić information content (AvgIpc) is 3.20. The topological polar surface area (TPSA) is 58.4 Å². The van der Waals surface area contributed by atoms with Crippen LogP contribution in [0.2, 0.25) is 0 Å². The van der Waals surface area contributed by atoms with Crippen LogP contribution >= 0.6 is 11.3 Å². The number of amides is 1. The summed E-state index contributed by atoms with van der Waals surface area (Å²) in [5, 5.41) is 8.94. The zero-order valence-corrected chi connectivity index (χ0v) is 13.6. The quantitative estimate of drug-likeness (QED) is 0.920. The van der Waals surface area contributed by atoms with Gasteiger partial charge >= 0.3 is 0 Å². The second kappa shape index (κ2) is 7.07. The van der Waals surface area contributed by atoms with E-state index in [0.717, 1.165) is 37.4 Å². The highest BCUT2D eigenvalue weighted by Gasteiger charge is 2.22. The molecular weight excluding hydrogens is 298 g/mol. The fourth-order valence-electron chi connectivity index (χ4n) is 2.79. The molecule has 0 aromatic carbocycles. The minimum atomic E-state index is -0.138. The van der Waals surface area contributed by atoms with Gasteiger partial charge in [-0.2, -0.15) is 0 Å². The van der Waals surface area contributed by atoms with Gasteiger partial charge in [0, 0.05) is 25.2 Å². The lowest BCUT2D eigenvalue weighted by Gasteiger charge is -2.31. The molecule has 3 heterocycles. The van der Waals surface area contributed by atoms with E-state index in [1.54, 1.807) is 17.4 Å². The summed E-state index contributed by atoms with van der Waals surface area (Å²) in [6.07, 6.45) is 3.18. The summed E-state index contributed by atoms with van der Waals surface area (Å²) in [6, 6.07) is 5.86. The van der Waals surface area contributed by atoms with Gasteiger partial charge in [-0.05, 0) is 37.3 Å². The predicted molar refractivity (Wildman–Crippen MR) is 87.0 cm³/mol. The Morgan fingerprint density at radius 1 is 1.50 bits per heavy atom. The normalized spacial score (nSPS) is 16.8. The predicted octanol–water partition coefficient (Wildman–Crippen LogP) is 3.01. The molecule has 2 aromatic rings. The number of nitrogens with zero attached hydrogens (tertiary/aromatic N) is 2. The number of thiophene rings is 1. The van der Waals surface area contributed by atoms with Gasteiger partial charge in [0.25, 0.3) is 5.91 Å². The van der Waals surface area contributed by atoms with Crippen LogP contribution in [0, 0.1) is 0 Å². The van der Waals surface area contributed by atoms with Gasteiger partial charge in [0.2, 0.25) is 0 Å². The number of hydrogen-bond acceptors (Lipinski definition) is 5. The zero-order valence-electron chi connectivity index (χ0n) is 12.7. The first kappa shape index (κ1) is 15.2. The van der Waals surface area contributed by atoms with Crippen LogP contribution in [0.1, 0.15) is 36.7 Å². The molecule has 1 aliphatic heterocycles. The standard InChI is InChI=1S/C16H21N3O2S/c1-2-7-19-8-5-12(6-9-19)17-16(20)13-11-14(21-18-13)15-4-3-10-22-15/h3-4,10-12H,2,5-9H2,1H3,(H,17,20). The van der Waals surface area contributed by atoms with E-state index in [9.17, 15) is 4.79 Å². The van der Waals surface area contributed by atoms with Crippen LogP contribution in [0.25, 0.3) is 10.6 Å². The highest BCUT2D eigenvalue weighted by molar-refractivity contribution is 7.13. The smallest absolute Gasteiger partial charge is 0.273 e. The monoisotopic (exact) mass is 319 g/mol. The lowest BCUT2D eigenvalue weighted by atomic mass is 10.0. The largest absolute Gasteiger partial charge is 0.355 e. The number of piperidine rings is 1. The summed E-state index contributed by atoms with van der Waals surface area (Å²) in [7, 11) is 0. The second-order valence-corrected chi connectivity index (χ2v) is 6.59. The number of aromatic nitrogens is 1. The van der Waals surface area contributed by atoms with Crippen molar-refractivity contribution < 1.29 is 9.32 Å². The maximum atomic E-state index is 12.3. The molecule has 1 saturated heterocycles. The van der Waals surface area contributed by atoms with E-state index >= 15 is 0 Å². The fourth-order valence-corrected chi connectivity index (χ4v) is 3.47. The van der Waals surface area contributed by atoms with Crippen LogP contribution in [-0.4, -0.2) is 41.6 Å². The molecule has 1 amide bonds. The Kier molecular flexibility index (Phi) is 4.90. The Bertz CT molecular complexity index is 601. The number of hydrogen-bond donors (Lipinski definition) is 1. The van der Waals surface area contributed by atoms with Gasteiger partial charge in [-0.1, -0.05) is 18.1 Å². The first-order chi connectivity index (χ1) is 10.8. The molecule has 22 heavy (non-hydrogen) atoms. The minimum Gasteiger partial charge on any atom is -0.355 e. The molecule has 0 saturated carbocycles. The van der Waals surface area contributed by atoms with Crippen molar-refractivity contribution in [1.29, 1.82) is 0 Å². The third-order valence-electron chi connectivity index (χ3n) is 3.97. The third-order valence-corrected chi connectivity index (χ3v) is 4.85. The highest BCUT2D eigenvalue weighted by atomic mass is 32.1. The van der Waals surface area contributed by atoms with E-state index in [1.807, 2.05) is 17.5 Å². The Hall–Kier alpha value is -1.66. The maximum absolute atomic E-state index is 12.3. The molecular formula is C16H21N3O2S. The summed E-state index contributed by atoms with van der Waals surface area (Å²) in [4.78, 5) is 15.7. The molecule has 118 valence electrons. The summed E-state index contributed by atoms with van der Waals surface area (Å²) in [6.45, 7) is 5.45. The number of nitrogens with one attached hydrogen (secondary N) is 1. The van der Waals surface area contributed by atoms with Gasteiger partial charge in [0.05, 0.1) is 4.88 Å². The van der Waals surface area contributed by atoms with Crippen molar-refractivity contribution in [2.24, 2.45) is 0 Å². The maximum Gasteiger partial charge on any atom is 0.273 e. The Balaban J connectivity index is 1.54. The summed E-state index contributed by atoms with van der Waals surface area (Å²) >= 11 is 1.57. The number of likely N-dealkylation sites (tertiary alicyclic amines) is 1. The Labute approximate surface area is 134 Å². The van der Waals surface area contributed by atoms with E-state index in [2.05, 4.69) is 22.3 Å². The molecule has 3 rings (SSSR count). The Morgan fingerprint density at radius 2 is 2.32 bits per heavy atom. The SMILES string of the molecule is CCCN1CCC(NC(=O)c2cc(-c3cccs3)on2)CC1. The van der Waals surface area contributed by atoms with Crippen molar-refractivity contribution in [3.63, 3.8) is 0 Å². The minimum absolute atomic E-state index is 0.138. The first-order valence-electron chi connectivity index (χ1n) is 7.80. The van der Waals surface area contributed by atoms with Crippen molar-refractivity contribution in [3.8, 4) is 10.6 Å². The lowest BCUT2D eigenvalue weighted by Crippen LogP contribution is -2.44. The second-order valence-electron chi connectivity index (χ2n) is 5.64. The van der Waals surface area contributed by atoms with E-state index in [0.29, 0.717) is 11.5 Å². The molecule has 1 fully saturated rings. The first-order valence-corrected chi connectivity index (χ1v) is 8.68. The van der Waals surface area contributed by atoms with Crippen LogP contribution < -0.4 is 5.32 Å². The molecule has 1 N–H and O–H groups in total. The molecule has 0 aliphatic carbocycles. The molecule has 0 atom stereocenters. The van der Waals surface area contributed by atoms with Crippen LogP contribution in [-0.2, 0) is 0 Å². The van der Waals surface area contributed by atoms with E-state index in [4.69, 9.17) is 4.52 Å². The van der Waals surface area contributed by atoms with Gasteiger partial charge in [-0.15, -0.1) is 11.3 Å². The summed E-state index contributed by atoms with van der Waals surface area (Å²) in [5.74, 6) is 0.512.